The topological polar surface area (TPSA) is 67.9 Å². The Morgan fingerprint density at radius 1 is 0.931 bits per heavy atom. The van der Waals surface area contributed by atoms with Crippen LogP contribution in [0.1, 0.15) is 18.9 Å². The Kier molecular flexibility index (Phi) is 5.81. The minimum Gasteiger partial charge on any atom is -0.493 e. The van der Waals surface area contributed by atoms with E-state index in [1.165, 1.54) is 20.3 Å². The van der Waals surface area contributed by atoms with Gasteiger partial charge < -0.3 is 14.8 Å². The molecule has 0 fully saturated rings. The molecule has 3 rings (SSSR count). The van der Waals surface area contributed by atoms with Crippen molar-refractivity contribution in [3.63, 3.8) is 0 Å². The Hall–Kier alpha value is -3.42. The lowest BCUT2D eigenvalue weighted by Crippen LogP contribution is -2.33. The lowest BCUT2D eigenvalue weighted by Gasteiger charge is -2.14. The van der Waals surface area contributed by atoms with Crippen molar-refractivity contribution in [1.82, 2.24) is 4.90 Å². The number of imide groups is 1. The number of nitrogens with one attached hydrogen (secondary N) is 1. The number of ether oxygens (including phenoxy) is 2. The average molecular weight is 402 g/mol. The van der Waals surface area contributed by atoms with Crippen molar-refractivity contribution in [2.24, 2.45) is 0 Å². The minimum absolute atomic E-state index is 0.0123. The summed E-state index contributed by atoms with van der Waals surface area (Å²) in [5.74, 6) is -2.23. The fraction of sp³-hybridized carbons (Fsp3) is 0.238. The molecule has 0 saturated carbocycles. The lowest BCUT2D eigenvalue weighted by molar-refractivity contribution is -0.136. The number of methoxy groups -OCH3 is 2. The van der Waals surface area contributed by atoms with Crippen LogP contribution in [0.2, 0.25) is 0 Å². The highest BCUT2D eigenvalue weighted by atomic mass is 19.2. The molecule has 0 atom stereocenters. The second-order valence-corrected chi connectivity index (χ2v) is 6.34. The maximum atomic E-state index is 13.6. The fourth-order valence-corrected chi connectivity index (χ4v) is 3.10. The zero-order chi connectivity index (χ0) is 21.1. The number of anilines is 1. The molecule has 0 saturated heterocycles. The van der Waals surface area contributed by atoms with E-state index in [2.05, 4.69) is 5.32 Å². The number of carbonyl (C=O) groups is 2. The molecule has 1 N–H and O–H groups in total. The van der Waals surface area contributed by atoms with Crippen molar-refractivity contribution in [3.05, 3.63) is 59.3 Å². The molecule has 1 aliphatic heterocycles. The van der Waals surface area contributed by atoms with Gasteiger partial charge in [-0.25, -0.2) is 8.78 Å². The van der Waals surface area contributed by atoms with Crippen LogP contribution >= 0.6 is 0 Å². The minimum atomic E-state index is -1.06. The molecule has 2 aromatic carbocycles. The van der Waals surface area contributed by atoms with Gasteiger partial charge in [-0.2, -0.15) is 0 Å². The molecule has 0 aliphatic carbocycles. The number of benzene rings is 2. The molecule has 2 aromatic rings. The largest absolute Gasteiger partial charge is 0.493 e. The normalized spacial score (nSPS) is 13.9. The van der Waals surface area contributed by atoms with Gasteiger partial charge in [-0.15, -0.1) is 0 Å². The summed E-state index contributed by atoms with van der Waals surface area (Å²) in [6, 6.07) is 7.99. The van der Waals surface area contributed by atoms with Crippen LogP contribution in [0.25, 0.3) is 5.57 Å². The summed E-state index contributed by atoms with van der Waals surface area (Å²) in [6.45, 7) is 2.08. The predicted octanol–water partition coefficient (Wildman–Crippen LogP) is 3.58. The highest BCUT2D eigenvalue weighted by Gasteiger charge is 2.39. The molecular weight excluding hydrogens is 382 g/mol. The number of carbonyl (C=O) groups excluding carboxylic acids is 2. The number of rotatable bonds is 7. The van der Waals surface area contributed by atoms with Crippen molar-refractivity contribution < 1.29 is 27.8 Å². The van der Waals surface area contributed by atoms with Crippen molar-refractivity contribution >= 4 is 23.1 Å². The van der Waals surface area contributed by atoms with Gasteiger partial charge in [0.05, 0.1) is 19.8 Å². The SMILES string of the molecule is CCCN1C(=O)C(Nc2ccc(F)c(F)c2)=C(c2ccc(OC)c(OC)c2)C1=O. The van der Waals surface area contributed by atoms with Crippen LogP contribution in [0.4, 0.5) is 14.5 Å². The molecule has 6 nitrogen and oxygen atoms in total. The number of hydrogen-bond donors (Lipinski definition) is 1. The quantitative estimate of drug-likeness (QED) is 0.717. The summed E-state index contributed by atoms with van der Waals surface area (Å²) in [6.07, 6.45) is 0.579. The van der Waals surface area contributed by atoms with Crippen LogP contribution < -0.4 is 14.8 Å². The maximum Gasteiger partial charge on any atom is 0.278 e. The van der Waals surface area contributed by atoms with Gasteiger partial charge in [0.2, 0.25) is 0 Å². The third kappa shape index (κ3) is 3.78. The van der Waals surface area contributed by atoms with Crippen LogP contribution in [-0.4, -0.2) is 37.5 Å². The highest BCUT2D eigenvalue weighted by Crippen LogP contribution is 2.35. The highest BCUT2D eigenvalue weighted by molar-refractivity contribution is 6.36. The molecule has 0 unspecified atom stereocenters. The smallest absolute Gasteiger partial charge is 0.278 e. The number of hydrogen-bond acceptors (Lipinski definition) is 5. The number of amides is 2. The van der Waals surface area contributed by atoms with E-state index in [1.807, 2.05) is 6.92 Å². The zero-order valence-corrected chi connectivity index (χ0v) is 16.2. The van der Waals surface area contributed by atoms with Crippen LogP contribution in [0.3, 0.4) is 0 Å². The predicted molar refractivity (Wildman–Crippen MR) is 103 cm³/mol. The van der Waals surface area contributed by atoms with E-state index in [0.29, 0.717) is 23.5 Å². The molecule has 2 amide bonds. The van der Waals surface area contributed by atoms with Crippen molar-refractivity contribution in [2.45, 2.75) is 13.3 Å². The summed E-state index contributed by atoms with van der Waals surface area (Å²) < 4.78 is 37.3. The Labute approximate surface area is 166 Å². The summed E-state index contributed by atoms with van der Waals surface area (Å²) >= 11 is 0. The maximum absolute atomic E-state index is 13.6. The number of nitrogens with zero attached hydrogens (tertiary/aromatic N) is 1. The van der Waals surface area contributed by atoms with Gasteiger partial charge >= 0.3 is 0 Å². The first-order chi connectivity index (χ1) is 13.9. The fourth-order valence-electron chi connectivity index (χ4n) is 3.10. The summed E-state index contributed by atoms with van der Waals surface area (Å²) in [7, 11) is 2.95. The van der Waals surface area contributed by atoms with Gasteiger partial charge in [0.1, 0.15) is 5.70 Å². The summed E-state index contributed by atoms with van der Waals surface area (Å²) in [4.78, 5) is 27.0. The van der Waals surface area contributed by atoms with E-state index in [1.54, 1.807) is 18.2 Å². The Balaban J connectivity index is 2.11. The third-order valence-electron chi connectivity index (χ3n) is 4.48. The molecule has 0 aromatic heterocycles. The summed E-state index contributed by atoms with van der Waals surface area (Å²) in [5.41, 5.74) is 0.692. The van der Waals surface area contributed by atoms with Gasteiger partial charge in [-0.05, 0) is 36.2 Å². The first-order valence-corrected chi connectivity index (χ1v) is 8.96. The second-order valence-electron chi connectivity index (χ2n) is 6.34. The van der Waals surface area contributed by atoms with E-state index in [0.717, 1.165) is 17.0 Å². The molecule has 8 heteroatoms. The zero-order valence-electron chi connectivity index (χ0n) is 16.2. The van der Waals surface area contributed by atoms with Gasteiger partial charge in [-0.1, -0.05) is 13.0 Å². The van der Waals surface area contributed by atoms with Crippen molar-refractivity contribution in [2.75, 3.05) is 26.1 Å². The van der Waals surface area contributed by atoms with Crippen molar-refractivity contribution in [3.8, 4) is 11.5 Å². The van der Waals surface area contributed by atoms with E-state index >= 15 is 0 Å². The Morgan fingerprint density at radius 2 is 1.66 bits per heavy atom. The molecular formula is C21H20F2N2O4. The molecule has 0 spiro atoms. The van der Waals surface area contributed by atoms with Crippen LogP contribution in [-0.2, 0) is 9.59 Å². The van der Waals surface area contributed by atoms with Gasteiger partial charge in [0.25, 0.3) is 11.8 Å². The Bertz CT molecular complexity index is 1000. The molecule has 29 heavy (non-hydrogen) atoms. The monoisotopic (exact) mass is 402 g/mol. The second kappa shape index (κ2) is 8.30. The van der Waals surface area contributed by atoms with Crippen LogP contribution in [0, 0.1) is 11.6 Å². The van der Waals surface area contributed by atoms with Gasteiger partial charge in [-0.3, -0.25) is 14.5 Å². The standard InChI is InChI=1S/C21H20F2N2O4/c1-4-9-25-20(26)18(12-5-8-16(28-2)17(10-12)29-3)19(21(25)27)24-13-6-7-14(22)15(23)11-13/h5-8,10-11,24H,4,9H2,1-3H3. The van der Waals surface area contributed by atoms with Crippen LogP contribution in [0.15, 0.2) is 42.1 Å². The van der Waals surface area contributed by atoms with E-state index in [4.69, 9.17) is 9.47 Å². The van der Waals surface area contributed by atoms with Gasteiger partial charge in [0.15, 0.2) is 23.1 Å². The van der Waals surface area contributed by atoms with E-state index in [9.17, 15) is 18.4 Å². The van der Waals surface area contributed by atoms with Crippen LogP contribution in [0.5, 0.6) is 11.5 Å². The number of halogens is 2. The molecule has 1 heterocycles. The lowest BCUT2D eigenvalue weighted by atomic mass is 10.0. The Morgan fingerprint density at radius 3 is 2.28 bits per heavy atom. The molecule has 1 aliphatic rings. The van der Waals surface area contributed by atoms with E-state index in [-0.39, 0.29) is 23.5 Å². The molecule has 0 bridgehead atoms. The average Bonchev–Trinajstić information content (AvgIpc) is 2.94. The summed E-state index contributed by atoms with van der Waals surface area (Å²) in [5, 5.41) is 2.78. The molecule has 152 valence electrons. The first-order valence-electron chi connectivity index (χ1n) is 8.96. The van der Waals surface area contributed by atoms with Crippen molar-refractivity contribution in [1.29, 1.82) is 0 Å². The third-order valence-corrected chi connectivity index (χ3v) is 4.48. The van der Waals surface area contributed by atoms with Gasteiger partial charge in [0, 0.05) is 18.3 Å². The first kappa shape index (κ1) is 20.3. The van der Waals surface area contributed by atoms with E-state index < -0.39 is 23.4 Å². The molecule has 0 radical (unpaired) electrons.